The Kier molecular flexibility index (Phi) is 14.2. The van der Waals surface area contributed by atoms with Gasteiger partial charge in [0.15, 0.2) is 16.6 Å². The topological polar surface area (TPSA) is 18.5 Å². The Hall–Kier alpha value is -0.926. The molecule has 6 aromatic heterocycles. The molecule has 2 nitrogen and oxygen atoms in total. The molecule has 0 aliphatic carbocycles. The minimum Gasteiger partial charge on any atom is -0.417 e. The molecule has 0 unspecified atom stereocenters. The van der Waals surface area contributed by atoms with Gasteiger partial charge in [0.05, 0.1) is 0 Å². The van der Waals surface area contributed by atoms with E-state index in [1.54, 1.807) is 0 Å². The van der Waals surface area contributed by atoms with E-state index in [0.29, 0.717) is 10.1 Å². The maximum Gasteiger partial charge on any atom is 0.191 e. The first-order valence-electron chi connectivity index (χ1n) is 20.0. The van der Waals surface area contributed by atoms with Crippen LogP contribution < -0.4 is 0 Å². The van der Waals surface area contributed by atoms with Gasteiger partial charge in [-0.3, -0.25) is 0 Å². The number of aryl methyl sites for hydroxylation is 2. The fourth-order valence-corrected chi connectivity index (χ4v) is 15.4. The highest BCUT2D eigenvalue weighted by Crippen LogP contribution is 2.47. The van der Waals surface area contributed by atoms with Gasteiger partial charge < -0.3 is 8.85 Å². The molecule has 0 spiro atoms. The Balaban J connectivity index is 0.940. The fraction of sp³-hybridized carbons (Fsp3) is 0.545. The summed E-state index contributed by atoms with van der Waals surface area (Å²) in [4.78, 5) is 11.4. The fourth-order valence-electron chi connectivity index (χ4n) is 6.06. The maximum absolute atomic E-state index is 6.36. The van der Waals surface area contributed by atoms with Crippen LogP contribution in [0.5, 0.6) is 0 Å². The van der Waals surface area contributed by atoms with Gasteiger partial charge in [-0.15, -0.1) is 68.0 Å². The average Bonchev–Trinajstić information content (AvgIpc) is 3.91. The van der Waals surface area contributed by atoms with E-state index in [9.17, 15) is 0 Å². The second-order valence-electron chi connectivity index (χ2n) is 18.0. The predicted molar refractivity (Wildman–Crippen MR) is 256 cm³/mol. The molecule has 0 fully saturated rings. The molecule has 294 valence electrons. The molecular formula is C44H62O2S6Si2. The lowest BCUT2D eigenvalue weighted by Crippen LogP contribution is -2.40. The van der Waals surface area contributed by atoms with Crippen molar-refractivity contribution in [1.82, 2.24) is 0 Å². The van der Waals surface area contributed by atoms with E-state index >= 15 is 0 Å². The normalized spacial score (nSPS) is 13.3. The van der Waals surface area contributed by atoms with Crippen molar-refractivity contribution in [3.63, 3.8) is 0 Å². The molecule has 0 saturated heterocycles. The van der Waals surface area contributed by atoms with Crippen LogP contribution in [0, 0.1) is 0 Å². The lowest BCUT2D eigenvalue weighted by atomic mass is 10.1. The van der Waals surface area contributed by atoms with Gasteiger partial charge >= 0.3 is 0 Å². The summed E-state index contributed by atoms with van der Waals surface area (Å²) in [5, 5.41) is 0.600. The quantitative estimate of drug-likeness (QED) is 0.0596. The van der Waals surface area contributed by atoms with Crippen LogP contribution in [0.4, 0.5) is 0 Å². The van der Waals surface area contributed by atoms with Gasteiger partial charge in [-0.1, -0.05) is 67.2 Å². The monoisotopic (exact) mass is 870 g/mol. The molecule has 0 atom stereocenters. The highest BCUT2D eigenvalue weighted by molar-refractivity contribution is 7.33. The van der Waals surface area contributed by atoms with Crippen LogP contribution in [0.15, 0.2) is 48.5 Å². The zero-order chi connectivity index (χ0) is 38.7. The molecule has 6 rings (SSSR count). The summed E-state index contributed by atoms with van der Waals surface area (Å²) in [6, 6.07) is 19.1. The van der Waals surface area contributed by atoms with Crippen LogP contribution in [0.25, 0.3) is 48.1 Å². The predicted octanol–water partition coefficient (Wildman–Crippen LogP) is 17.6. The number of hydrogen-bond donors (Lipinski definition) is 0. The van der Waals surface area contributed by atoms with E-state index in [1.807, 2.05) is 68.0 Å². The van der Waals surface area contributed by atoms with E-state index in [2.05, 4.69) is 116 Å². The van der Waals surface area contributed by atoms with E-state index in [-0.39, 0.29) is 0 Å². The molecule has 0 bridgehead atoms. The van der Waals surface area contributed by atoms with Crippen LogP contribution in [-0.2, 0) is 21.7 Å². The molecule has 6 heterocycles. The Morgan fingerprint density at radius 2 is 0.741 bits per heavy atom. The van der Waals surface area contributed by atoms with Crippen molar-refractivity contribution >= 4 is 103 Å². The number of thiophene rings is 6. The number of fused-ring (bicyclic) bond motifs is 2. The second-order valence-corrected chi connectivity index (χ2v) is 34.3. The summed E-state index contributed by atoms with van der Waals surface area (Å²) in [6.45, 7) is 25.2. The first kappa shape index (κ1) is 42.7. The van der Waals surface area contributed by atoms with Crippen molar-refractivity contribution in [2.75, 3.05) is 13.2 Å². The molecule has 0 saturated carbocycles. The van der Waals surface area contributed by atoms with Gasteiger partial charge in [0, 0.05) is 71.0 Å². The SMILES string of the molecule is CC(C)(C)[Si](C)(C)OCCCCCCc1cc2sc(-c3ccc(-c4ccc(-c5cc6sc(CCCCCCO[Si](C)(C)C(C)(C)C)cc6s5)s4)s3)cc2s1. The second kappa shape index (κ2) is 17.9. The Bertz CT molecular complexity index is 1870. The van der Waals surface area contributed by atoms with Crippen LogP contribution in [0.1, 0.15) is 103 Å². The van der Waals surface area contributed by atoms with Crippen LogP contribution >= 0.6 is 68.0 Å². The highest BCUT2D eigenvalue weighted by atomic mass is 32.1. The number of rotatable bonds is 19. The summed E-state index contributed by atoms with van der Waals surface area (Å²) in [7, 11) is -3.22. The first-order chi connectivity index (χ1) is 25.5. The van der Waals surface area contributed by atoms with Crippen molar-refractivity contribution in [2.24, 2.45) is 0 Å². The minimum absolute atomic E-state index is 0.300. The van der Waals surface area contributed by atoms with Crippen molar-refractivity contribution in [2.45, 2.75) is 142 Å². The third-order valence-electron chi connectivity index (χ3n) is 11.6. The van der Waals surface area contributed by atoms with Crippen LogP contribution in [-0.4, -0.2) is 29.8 Å². The van der Waals surface area contributed by atoms with Crippen LogP contribution in [0.2, 0.25) is 36.3 Å². The van der Waals surface area contributed by atoms with E-state index in [0.717, 1.165) is 13.2 Å². The third kappa shape index (κ3) is 10.8. The van der Waals surface area contributed by atoms with Gasteiger partial charge in [-0.05, 0) is 123 Å². The molecule has 6 aromatic rings. The van der Waals surface area contributed by atoms with E-state index in [1.165, 1.54) is 122 Å². The van der Waals surface area contributed by atoms with Gasteiger partial charge in [-0.2, -0.15) is 0 Å². The molecule has 0 amide bonds. The largest absolute Gasteiger partial charge is 0.417 e. The smallest absolute Gasteiger partial charge is 0.191 e. The summed E-state index contributed by atoms with van der Waals surface area (Å²) < 4.78 is 18.5. The molecule has 0 aliphatic heterocycles. The standard InChI is InChI=1S/C44H62O2S6Si2/c1-43(2,3)53(7,8)45-25-17-13-11-15-19-31-27-37-41(47-31)29-39(51-37)35-23-21-33(49-35)34-22-24-36(50-34)40-30-42-38(52-40)28-32(48-42)20-16-12-14-18-26-46-54(9,10)44(4,5)6/h21-24,27-30H,11-20,25-26H2,1-10H3. The number of hydrogen-bond acceptors (Lipinski definition) is 8. The van der Waals surface area contributed by atoms with Crippen molar-refractivity contribution in [3.05, 3.63) is 58.3 Å². The highest BCUT2D eigenvalue weighted by Gasteiger charge is 2.37. The lowest BCUT2D eigenvalue weighted by Gasteiger charge is -2.36. The molecule has 10 heteroatoms. The number of unbranched alkanes of at least 4 members (excludes halogenated alkanes) is 6. The summed E-state index contributed by atoms with van der Waals surface area (Å²) >= 11 is 11.8. The van der Waals surface area contributed by atoms with E-state index in [4.69, 9.17) is 8.85 Å². The first-order valence-corrected chi connectivity index (χ1v) is 30.7. The van der Waals surface area contributed by atoms with Crippen LogP contribution in [0.3, 0.4) is 0 Å². The third-order valence-corrected chi connectivity index (χ3v) is 28.2. The lowest BCUT2D eigenvalue weighted by molar-refractivity contribution is 0.277. The minimum atomic E-state index is -1.61. The van der Waals surface area contributed by atoms with Crippen molar-refractivity contribution in [3.8, 4) is 29.3 Å². The molecule has 0 N–H and O–H groups in total. The summed E-state index contributed by atoms with van der Waals surface area (Å²) in [5.74, 6) is 0. The van der Waals surface area contributed by atoms with Gasteiger partial charge in [0.25, 0.3) is 0 Å². The Morgan fingerprint density at radius 3 is 1.09 bits per heavy atom. The zero-order valence-electron chi connectivity index (χ0n) is 34.4. The molecular weight excluding hydrogens is 809 g/mol. The zero-order valence-corrected chi connectivity index (χ0v) is 41.3. The molecule has 0 aromatic carbocycles. The molecule has 0 radical (unpaired) electrons. The Morgan fingerprint density at radius 1 is 0.407 bits per heavy atom. The summed E-state index contributed by atoms with van der Waals surface area (Å²) in [5.41, 5.74) is 0. The Labute approximate surface area is 352 Å². The van der Waals surface area contributed by atoms with Gasteiger partial charge in [-0.25, -0.2) is 0 Å². The van der Waals surface area contributed by atoms with Crippen molar-refractivity contribution < 1.29 is 8.85 Å². The average molecular weight is 872 g/mol. The van der Waals surface area contributed by atoms with E-state index < -0.39 is 16.6 Å². The maximum atomic E-state index is 6.36. The van der Waals surface area contributed by atoms with Gasteiger partial charge in [0.2, 0.25) is 0 Å². The summed E-state index contributed by atoms with van der Waals surface area (Å²) in [6.07, 6.45) is 12.5. The van der Waals surface area contributed by atoms with Gasteiger partial charge in [0.1, 0.15) is 0 Å². The molecule has 0 aliphatic rings. The van der Waals surface area contributed by atoms with Crippen molar-refractivity contribution in [1.29, 1.82) is 0 Å². The molecule has 54 heavy (non-hydrogen) atoms.